The third-order valence-corrected chi connectivity index (χ3v) is 4.75. The second kappa shape index (κ2) is 12.1. The maximum Gasteiger partial charge on any atom is 0.321 e. The van der Waals surface area contributed by atoms with Gasteiger partial charge in [0, 0.05) is 25.3 Å². The number of hydrogen-bond acceptors (Lipinski definition) is 7. The number of carboxylic acids is 1. The molecule has 0 aliphatic rings. The van der Waals surface area contributed by atoms with E-state index in [1.54, 1.807) is 6.08 Å². The highest BCUT2D eigenvalue weighted by Crippen LogP contribution is 2.19. The number of nitrogens with two attached hydrogens (primary N) is 1. The summed E-state index contributed by atoms with van der Waals surface area (Å²) in [5.74, 6) is 0.456. The summed E-state index contributed by atoms with van der Waals surface area (Å²) in [6.07, 6.45) is 3.18. The van der Waals surface area contributed by atoms with Crippen molar-refractivity contribution in [3.05, 3.63) is 18.5 Å². The Morgan fingerprint density at radius 1 is 1.42 bits per heavy atom. The zero-order valence-corrected chi connectivity index (χ0v) is 16.3. The fourth-order valence-electron chi connectivity index (χ4n) is 2.08. The number of nitrogens with zero attached hydrogens (tertiary/aromatic N) is 3. The van der Waals surface area contributed by atoms with Crippen molar-refractivity contribution in [3.63, 3.8) is 0 Å². The number of rotatable bonds is 14. The normalized spacial score (nSPS) is 13.7. The Labute approximate surface area is 158 Å². The third kappa shape index (κ3) is 8.31. The highest BCUT2D eigenvalue weighted by atomic mass is 32.2. The number of aliphatic hydroxyl groups is 1. The van der Waals surface area contributed by atoms with Crippen molar-refractivity contribution in [2.75, 3.05) is 19.0 Å². The Morgan fingerprint density at radius 2 is 2.15 bits per heavy atom. The molecule has 0 amide bonds. The summed E-state index contributed by atoms with van der Waals surface area (Å²) >= 11 is 1.25. The van der Waals surface area contributed by atoms with Crippen LogP contribution in [0.4, 0.5) is 0 Å². The minimum absolute atomic E-state index is 0.205. The number of aliphatic hydroxyl groups excluding tert-OH is 1. The molecule has 26 heavy (non-hydrogen) atoms. The molecule has 0 radical (unpaired) electrons. The number of allylic oxidation sites excluding steroid dienone is 1. The van der Waals surface area contributed by atoms with E-state index in [2.05, 4.69) is 30.6 Å². The van der Waals surface area contributed by atoms with Gasteiger partial charge in [-0.25, -0.2) is 0 Å². The molecule has 1 aromatic heterocycles. The van der Waals surface area contributed by atoms with Crippen LogP contribution in [0.5, 0.6) is 0 Å². The van der Waals surface area contributed by atoms with Crippen LogP contribution in [0, 0.1) is 5.92 Å². The number of hydrogen-bond donors (Lipinski definition) is 3. The average Bonchev–Trinajstić information content (AvgIpc) is 2.96. The van der Waals surface area contributed by atoms with Crippen molar-refractivity contribution in [2.45, 2.75) is 57.0 Å². The fourth-order valence-corrected chi connectivity index (χ4v) is 2.98. The van der Waals surface area contributed by atoms with Crippen molar-refractivity contribution in [1.29, 1.82) is 0 Å². The van der Waals surface area contributed by atoms with Crippen molar-refractivity contribution in [2.24, 2.45) is 11.7 Å². The summed E-state index contributed by atoms with van der Waals surface area (Å²) in [6.45, 7) is 9.44. The molecular weight excluding hydrogens is 356 g/mol. The fraction of sp³-hybridized carbons (Fsp3) is 0.706. The van der Waals surface area contributed by atoms with Gasteiger partial charge in [0.2, 0.25) is 0 Å². The lowest BCUT2D eigenvalue weighted by Crippen LogP contribution is -2.32. The lowest BCUT2D eigenvalue weighted by Gasteiger charge is -2.13. The molecule has 0 fully saturated rings. The van der Waals surface area contributed by atoms with Gasteiger partial charge in [0.05, 0.1) is 12.7 Å². The van der Waals surface area contributed by atoms with Gasteiger partial charge < -0.3 is 25.3 Å². The van der Waals surface area contributed by atoms with E-state index >= 15 is 0 Å². The Morgan fingerprint density at radius 3 is 2.77 bits per heavy atom. The molecule has 1 aromatic rings. The number of ether oxygens (including phenoxy) is 1. The van der Waals surface area contributed by atoms with E-state index < -0.39 is 18.1 Å². The highest BCUT2D eigenvalue weighted by Gasteiger charge is 2.17. The van der Waals surface area contributed by atoms with Gasteiger partial charge in [0.1, 0.15) is 11.9 Å². The standard InChI is InChI=1S/C17H30N4O4S/c1-4-8-21-15(6-5-13(22)10-25-9-7-12(2)3)19-20-17(21)26-11-14(18)16(23)24/h4,12-14,22H,1,5-11,18H2,2-3H3,(H,23,24)/t13?,14-/m0/s1. The van der Waals surface area contributed by atoms with E-state index in [4.69, 9.17) is 15.6 Å². The van der Waals surface area contributed by atoms with Crippen LogP contribution in [0.15, 0.2) is 17.8 Å². The van der Waals surface area contributed by atoms with Gasteiger partial charge in [-0.15, -0.1) is 16.8 Å². The molecule has 0 spiro atoms. The number of thioether (sulfide) groups is 1. The zero-order valence-electron chi connectivity index (χ0n) is 15.5. The molecule has 0 saturated heterocycles. The molecule has 0 aromatic carbocycles. The predicted molar refractivity (Wildman–Crippen MR) is 101 cm³/mol. The van der Waals surface area contributed by atoms with Gasteiger partial charge >= 0.3 is 5.97 Å². The second-order valence-corrected chi connectivity index (χ2v) is 7.49. The monoisotopic (exact) mass is 386 g/mol. The summed E-state index contributed by atoms with van der Waals surface area (Å²) in [5.41, 5.74) is 5.53. The number of aliphatic carboxylic acids is 1. The molecule has 1 heterocycles. The predicted octanol–water partition coefficient (Wildman–Crippen LogP) is 1.32. The molecule has 0 bridgehead atoms. The zero-order chi connectivity index (χ0) is 19.5. The van der Waals surface area contributed by atoms with Crippen LogP contribution in [0.2, 0.25) is 0 Å². The van der Waals surface area contributed by atoms with Crippen molar-refractivity contribution < 1.29 is 19.7 Å². The molecule has 1 rings (SSSR count). The van der Waals surface area contributed by atoms with E-state index in [1.165, 1.54) is 11.8 Å². The Bertz CT molecular complexity index is 565. The topological polar surface area (TPSA) is 123 Å². The molecule has 4 N–H and O–H groups in total. The maximum atomic E-state index is 10.8. The van der Waals surface area contributed by atoms with E-state index in [-0.39, 0.29) is 5.75 Å². The molecule has 148 valence electrons. The van der Waals surface area contributed by atoms with E-state index in [1.807, 2.05) is 4.57 Å². The average molecular weight is 387 g/mol. The first-order valence-corrected chi connectivity index (χ1v) is 9.73. The van der Waals surface area contributed by atoms with Crippen LogP contribution in [0.1, 0.15) is 32.5 Å². The van der Waals surface area contributed by atoms with Crippen molar-refractivity contribution in [1.82, 2.24) is 14.8 Å². The smallest absolute Gasteiger partial charge is 0.321 e. The number of carboxylic acid groups (broad SMARTS) is 1. The van der Waals surface area contributed by atoms with E-state index in [9.17, 15) is 9.90 Å². The summed E-state index contributed by atoms with van der Waals surface area (Å²) in [4.78, 5) is 10.8. The number of aryl methyl sites for hydroxylation is 1. The quantitative estimate of drug-likeness (QED) is 0.248. The van der Waals surface area contributed by atoms with Crippen LogP contribution in [0.25, 0.3) is 0 Å². The van der Waals surface area contributed by atoms with Gasteiger partial charge in [-0.1, -0.05) is 31.7 Å². The minimum Gasteiger partial charge on any atom is -0.480 e. The summed E-state index contributed by atoms with van der Waals surface area (Å²) in [7, 11) is 0. The van der Waals surface area contributed by atoms with Crippen molar-refractivity contribution >= 4 is 17.7 Å². The van der Waals surface area contributed by atoms with E-state index in [0.29, 0.717) is 43.7 Å². The first-order chi connectivity index (χ1) is 12.3. The van der Waals surface area contributed by atoms with E-state index in [0.717, 1.165) is 12.2 Å². The molecule has 0 saturated carbocycles. The molecule has 9 heteroatoms. The van der Waals surface area contributed by atoms with Crippen LogP contribution >= 0.6 is 11.8 Å². The molecule has 8 nitrogen and oxygen atoms in total. The lowest BCUT2D eigenvalue weighted by atomic mass is 10.1. The van der Waals surface area contributed by atoms with Crippen LogP contribution in [0.3, 0.4) is 0 Å². The number of carbonyl (C=O) groups is 1. The maximum absolute atomic E-state index is 10.8. The first-order valence-electron chi connectivity index (χ1n) is 8.75. The highest BCUT2D eigenvalue weighted by molar-refractivity contribution is 7.99. The Balaban J connectivity index is 2.52. The molecular formula is C17H30N4O4S. The second-order valence-electron chi connectivity index (χ2n) is 6.50. The lowest BCUT2D eigenvalue weighted by molar-refractivity contribution is -0.137. The number of aromatic nitrogens is 3. The third-order valence-electron chi connectivity index (χ3n) is 3.67. The van der Waals surface area contributed by atoms with Crippen LogP contribution in [-0.2, 0) is 22.5 Å². The molecule has 0 aliphatic carbocycles. The van der Waals surface area contributed by atoms with Crippen LogP contribution in [-0.4, -0.2) is 62.1 Å². The molecule has 2 atom stereocenters. The van der Waals surface area contributed by atoms with Gasteiger partial charge in [-0.2, -0.15) is 0 Å². The van der Waals surface area contributed by atoms with Gasteiger partial charge in [-0.3, -0.25) is 4.79 Å². The first kappa shape index (κ1) is 22.6. The molecule has 1 unspecified atom stereocenters. The van der Waals surface area contributed by atoms with Gasteiger partial charge in [-0.05, 0) is 18.8 Å². The van der Waals surface area contributed by atoms with Gasteiger partial charge in [0.15, 0.2) is 5.16 Å². The Hall–Kier alpha value is -1.42. The van der Waals surface area contributed by atoms with Gasteiger partial charge in [0.25, 0.3) is 0 Å². The SMILES string of the molecule is C=CCn1c(CCC(O)COCCC(C)C)nnc1SC[C@H](N)C(=O)O. The Kier molecular flexibility index (Phi) is 10.5. The van der Waals surface area contributed by atoms with Crippen LogP contribution < -0.4 is 5.73 Å². The molecule has 0 aliphatic heterocycles. The minimum atomic E-state index is -1.05. The van der Waals surface area contributed by atoms with Crippen molar-refractivity contribution in [3.8, 4) is 0 Å². The summed E-state index contributed by atoms with van der Waals surface area (Å²) in [5, 5.41) is 27.8. The largest absolute Gasteiger partial charge is 0.480 e. The summed E-state index contributed by atoms with van der Waals surface area (Å²) in [6, 6.07) is -0.956. The summed E-state index contributed by atoms with van der Waals surface area (Å²) < 4.78 is 7.34.